The number of aromatic nitrogens is 2. The third-order valence-electron chi connectivity index (χ3n) is 4.18. The maximum Gasteiger partial charge on any atom is 0.274 e. The van der Waals surface area contributed by atoms with E-state index in [-0.39, 0.29) is 17.4 Å². The summed E-state index contributed by atoms with van der Waals surface area (Å²) in [6.45, 7) is 9.91. The van der Waals surface area contributed by atoms with E-state index in [1.54, 1.807) is 0 Å². The van der Waals surface area contributed by atoms with Gasteiger partial charge in [0.2, 0.25) is 0 Å². The average Bonchev–Trinajstić information content (AvgIpc) is 2.87. The lowest BCUT2D eigenvalue weighted by Gasteiger charge is -2.33. The number of rotatable bonds is 2. The number of nitrogens with one attached hydrogen (secondary N) is 1. The van der Waals surface area contributed by atoms with Gasteiger partial charge in [-0.3, -0.25) is 9.89 Å². The molecule has 2 heterocycles. The first-order valence-electron chi connectivity index (χ1n) is 7.40. The Morgan fingerprint density at radius 3 is 2.50 bits per heavy atom. The van der Waals surface area contributed by atoms with Crippen molar-refractivity contribution in [3.05, 3.63) is 17.5 Å². The molecule has 5 nitrogen and oxygen atoms in total. The summed E-state index contributed by atoms with van der Waals surface area (Å²) in [5.41, 5.74) is 7.42. The molecular formula is C15H26N4O. The minimum absolute atomic E-state index is 0.0203. The van der Waals surface area contributed by atoms with Gasteiger partial charge in [-0.1, -0.05) is 20.8 Å². The molecule has 1 aromatic rings. The number of carbonyl (C=O) groups excluding carboxylic acids is 1. The highest BCUT2D eigenvalue weighted by Crippen LogP contribution is 2.23. The minimum Gasteiger partial charge on any atom is -0.337 e. The molecule has 0 spiro atoms. The molecule has 0 aliphatic carbocycles. The summed E-state index contributed by atoms with van der Waals surface area (Å²) in [6.07, 6.45) is 1.97. The number of nitrogens with zero attached hydrogens (tertiary/aromatic N) is 2. The predicted molar refractivity (Wildman–Crippen MR) is 79.6 cm³/mol. The summed E-state index contributed by atoms with van der Waals surface area (Å²) in [7, 11) is 0. The monoisotopic (exact) mass is 278 g/mol. The number of carbonyl (C=O) groups is 1. The van der Waals surface area contributed by atoms with Crippen molar-refractivity contribution in [2.45, 2.75) is 52.0 Å². The zero-order valence-electron chi connectivity index (χ0n) is 12.9. The number of likely N-dealkylation sites (tertiary alicyclic amines) is 1. The highest BCUT2D eigenvalue weighted by molar-refractivity contribution is 5.92. The largest absolute Gasteiger partial charge is 0.337 e. The van der Waals surface area contributed by atoms with Crippen molar-refractivity contribution in [3.8, 4) is 0 Å². The third-order valence-corrected chi connectivity index (χ3v) is 4.18. The fraction of sp³-hybridized carbons (Fsp3) is 0.733. The van der Waals surface area contributed by atoms with E-state index in [9.17, 15) is 4.79 Å². The zero-order valence-corrected chi connectivity index (χ0v) is 12.9. The number of H-pyrrole nitrogens is 1. The number of aromatic amines is 1. The fourth-order valence-corrected chi connectivity index (χ4v) is 2.61. The predicted octanol–water partition coefficient (Wildman–Crippen LogP) is 1.91. The van der Waals surface area contributed by atoms with Crippen LogP contribution in [0, 0.1) is 5.92 Å². The molecule has 20 heavy (non-hydrogen) atoms. The lowest BCUT2D eigenvalue weighted by molar-refractivity contribution is 0.0675. The van der Waals surface area contributed by atoms with E-state index in [4.69, 9.17) is 5.73 Å². The van der Waals surface area contributed by atoms with E-state index in [1.165, 1.54) is 0 Å². The molecule has 1 fully saturated rings. The molecule has 1 unspecified atom stereocenters. The molecule has 3 N–H and O–H groups in total. The highest BCUT2D eigenvalue weighted by atomic mass is 16.2. The number of amides is 1. The number of hydrogen-bond acceptors (Lipinski definition) is 3. The van der Waals surface area contributed by atoms with E-state index in [2.05, 4.69) is 31.0 Å². The maximum absolute atomic E-state index is 12.4. The van der Waals surface area contributed by atoms with E-state index in [1.807, 2.05) is 17.9 Å². The second kappa shape index (κ2) is 5.56. The van der Waals surface area contributed by atoms with Gasteiger partial charge in [0.25, 0.3) is 5.91 Å². The molecule has 1 amide bonds. The molecular weight excluding hydrogens is 252 g/mol. The van der Waals surface area contributed by atoms with Crippen LogP contribution >= 0.6 is 0 Å². The van der Waals surface area contributed by atoms with Crippen LogP contribution in [0.3, 0.4) is 0 Å². The van der Waals surface area contributed by atoms with Gasteiger partial charge >= 0.3 is 0 Å². The number of piperidine rings is 1. The van der Waals surface area contributed by atoms with Crippen LogP contribution in [-0.2, 0) is 5.41 Å². The standard InChI is InChI=1S/C15H26N4O/c1-10(16)11-5-7-19(8-6-11)14(20)12-9-13(18-17-12)15(2,3)4/h9-11H,5-8,16H2,1-4H3,(H,17,18). The molecule has 5 heteroatoms. The van der Waals surface area contributed by atoms with E-state index >= 15 is 0 Å². The fourth-order valence-electron chi connectivity index (χ4n) is 2.61. The lowest BCUT2D eigenvalue weighted by atomic mass is 9.90. The Morgan fingerprint density at radius 2 is 2.05 bits per heavy atom. The molecule has 1 atom stereocenters. The molecule has 1 aliphatic heterocycles. The quantitative estimate of drug-likeness (QED) is 0.867. The Labute approximate surface area is 120 Å². The molecule has 0 bridgehead atoms. The summed E-state index contributed by atoms with van der Waals surface area (Å²) < 4.78 is 0. The summed E-state index contributed by atoms with van der Waals surface area (Å²) >= 11 is 0. The van der Waals surface area contributed by atoms with Crippen molar-refractivity contribution in [1.82, 2.24) is 15.1 Å². The normalized spacial score (nSPS) is 19.1. The van der Waals surface area contributed by atoms with Gasteiger partial charge in [-0.25, -0.2) is 0 Å². The van der Waals surface area contributed by atoms with Crippen LogP contribution in [0.25, 0.3) is 0 Å². The smallest absolute Gasteiger partial charge is 0.274 e. The Balaban J connectivity index is 2.01. The average molecular weight is 278 g/mol. The first-order valence-corrected chi connectivity index (χ1v) is 7.40. The second-order valence-electron chi connectivity index (χ2n) is 6.91. The SMILES string of the molecule is CC(N)C1CCN(C(=O)c2cc(C(C)(C)C)[nH]n2)CC1. The summed E-state index contributed by atoms with van der Waals surface area (Å²) in [5, 5.41) is 7.15. The van der Waals surface area contributed by atoms with Gasteiger partial charge in [0.05, 0.1) is 0 Å². The molecule has 0 saturated carbocycles. The van der Waals surface area contributed by atoms with Gasteiger partial charge in [-0.15, -0.1) is 0 Å². The van der Waals surface area contributed by atoms with Gasteiger partial charge < -0.3 is 10.6 Å². The molecule has 0 aromatic carbocycles. The second-order valence-corrected chi connectivity index (χ2v) is 6.91. The van der Waals surface area contributed by atoms with E-state index in [0.29, 0.717) is 11.6 Å². The van der Waals surface area contributed by atoms with Gasteiger partial charge in [-0.05, 0) is 31.7 Å². The van der Waals surface area contributed by atoms with Gasteiger partial charge in [0, 0.05) is 30.2 Å². The summed E-state index contributed by atoms with van der Waals surface area (Å²) in [5.74, 6) is 0.559. The molecule has 2 rings (SSSR count). The van der Waals surface area contributed by atoms with Crippen molar-refractivity contribution in [2.24, 2.45) is 11.7 Å². The zero-order chi connectivity index (χ0) is 14.9. The molecule has 0 radical (unpaired) electrons. The van der Waals surface area contributed by atoms with Crippen LogP contribution in [0.2, 0.25) is 0 Å². The Bertz CT molecular complexity index is 464. The van der Waals surface area contributed by atoms with Crippen molar-refractivity contribution in [3.63, 3.8) is 0 Å². The van der Waals surface area contributed by atoms with Gasteiger partial charge in [0.15, 0.2) is 0 Å². The summed E-state index contributed by atoms with van der Waals surface area (Å²) in [6, 6.07) is 2.09. The Kier molecular flexibility index (Phi) is 4.18. The van der Waals surface area contributed by atoms with Gasteiger partial charge in [-0.2, -0.15) is 5.10 Å². The van der Waals surface area contributed by atoms with Crippen molar-refractivity contribution < 1.29 is 4.79 Å². The first-order chi connectivity index (χ1) is 9.29. The van der Waals surface area contributed by atoms with Gasteiger partial charge in [0.1, 0.15) is 5.69 Å². The summed E-state index contributed by atoms with van der Waals surface area (Å²) in [4.78, 5) is 14.3. The lowest BCUT2D eigenvalue weighted by Crippen LogP contribution is -2.42. The molecule has 112 valence electrons. The van der Waals surface area contributed by atoms with Crippen LogP contribution < -0.4 is 5.73 Å². The van der Waals surface area contributed by atoms with Crippen LogP contribution in [-0.4, -0.2) is 40.1 Å². The molecule has 1 saturated heterocycles. The van der Waals surface area contributed by atoms with Crippen LogP contribution in [0.15, 0.2) is 6.07 Å². The minimum atomic E-state index is -0.0203. The highest BCUT2D eigenvalue weighted by Gasteiger charge is 2.27. The van der Waals surface area contributed by atoms with E-state index < -0.39 is 0 Å². The van der Waals surface area contributed by atoms with E-state index in [0.717, 1.165) is 31.6 Å². The van der Waals surface area contributed by atoms with Crippen LogP contribution in [0.1, 0.15) is 56.7 Å². The van der Waals surface area contributed by atoms with Crippen LogP contribution in [0.4, 0.5) is 0 Å². The Hall–Kier alpha value is -1.36. The van der Waals surface area contributed by atoms with Crippen molar-refractivity contribution in [1.29, 1.82) is 0 Å². The molecule has 1 aliphatic rings. The van der Waals surface area contributed by atoms with Crippen molar-refractivity contribution >= 4 is 5.91 Å². The molecule has 1 aromatic heterocycles. The Morgan fingerprint density at radius 1 is 1.45 bits per heavy atom. The number of hydrogen-bond donors (Lipinski definition) is 2. The van der Waals surface area contributed by atoms with Crippen LogP contribution in [0.5, 0.6) is 0 Å². The maximum atomic E-state index is 12.4. The first kappa shape index (κ1) is 15.0. The third kappa shape index (κ3) is 3.20. The van der Waals surface area contributed by atoms with Crippen molar-refractivity contribution in [2.75, 3.05) is 13.1 Å². The topological polar surface area (TPSA) is 75.0 Å². The number of nitrogens with two attached hydrogens (primary N) is 1.